The molecule has 3 N–H and O–H groups in total. The summed E-state index contributed by atoms with van der Waals surface area (Å²) in [6.07, 6.45) is 3.79. The van der Waals surface area contributed by atoms with E-state index >= 15 is 0 Å². The third-order valence-corrected chi connectivity index (χ3v) is 11.5. The Morgan fingerprint density at radius 3 is 0.807 bits per heavy atom. The van der Waals surface area contributed by atoms with Gasteiger partial charge in [0.2, 0.25) is 0 Å². The molecule has 0 fully saturated rings. The maximum atomic E-state index is 14.8. The summed E-state index contributed by atoms with van der Waals surface area (Å²) >= 11 is 0. The van der Waals surface area contributed by atoms with E-state index in [1.807, 2.05) is 122 Å². The fourth-order valence-electron chi connectivity index (χ4n) is 8.24. The molecule has 4 aromatic rings. The van der Waals surface area contributed by atoms with Crippen LogP contribution in [0.25, 0.3) is 0 Å². The fourth-order valence-corrected chi connectivity index (χ4v) is 8.24. The molecule has 1 heterocycles. The van der Waals surface area contributed by atoms with E-state index in [1.54, 1.807) is 0 Å². The molecular formula is C48H69N3O6. The van der Waals surface area contributed by atoms with E-state index in [0.29, 0.717) is 52.6 Å². The Morgan fingerprint density at radius 2 is 0.632 bits per heavy atom. The predicted molar refractivity (Wildman–Crippen MR) is 233 cm³/mol. The van der Waals surface area contributed by atoms with Crippen molar-refractivity contribution < 1.29 is 15.3 Å². The van der Waals surface area contributed by atoms with Gasteiger partial charge in [-0.1, -0.05) is 121 Å². The van der Waals surface area contributed by atoms with Gasteiger partial charge in [-0.2, -0.15) is 0 Å². The number of aromatic hydroxyl groups is 3. The minimum atomic E-state index is -0.764. The van der Waals surface area contributed by atoms with E-state index in [4.69, 9.17) is 0 Å². The molecule has 0 atom stereocenters. The largest absolute Gasteiger partial charge is 0.507 e. The summed E-state index contributed by atoms with van der Waals surface area (Å²) in [6, 6.07) is 5.80. The Labute approximate surface area is 340 Å². The molecule has 0 spiro atoms. The van der Waals surface area contributed by atoms with Gasteiger partial charge in [-0.25, -0.2) is 28.1 Å². The molecule has 0 amide bonds. The second-order valence-electron chi connectivity index (χ2n) is 19.2. The van der Waals surface area contributed by atoms with Crippen molar-refractivity contribution in [1.29, 1.82) is 0 Å². The zero-order chi connectivity index (χ0) is 43.1. The van der Waals surface area contributed by atoms with Gasteiger partial charge in [-0.05, 0) is 123 Å². The topological polar surface area (TPSA) is 127 Å². The van der Waals surface area contributed by atoms with E-state index in [9.17, 15) is 29.7 Å². The molecule has 0 saturated heterocycles. The summed E-state index contributed by atoms with van der Waals surface area (Å²) in [6.45, 7) is 29.8. The Bertz CT molecular complexity index is 2050. The monoisotopic (exact) mass is 784 g/mol. The SMILES string of the molecule is CCCc1c(O)c(C(C)(C)C)cc(C)c1Cn1c(=O)n(Cc2c(C)cc(C(C)(C)C)c(O)c2CCC)c(=O)n(Cc2c(C)cc(C(C)(C)C)c(O)c2CCC)c1=O. The van der Waals surface area contributed by atoms with Crippen molar-refractivity contribution in [3.8, 4) is 17.2 Å². The second kappa shape index (κ2) is 16.8. The van der Waals surface area contributed by atoms with Gasteiger partial charge < -0.3 is 15.3 Å². The second-order valence-corrected chi connectivity index (χ2v) is 19.2. The highest BCUT2D eigenvalue weighted by Gasteiger charge is 2.29. The van der Waals surface area contributed by atoms with Gasteiger partial charge in [-0.15, -0.1) is 0 Å². The Hall–Kier alpha value is -4.53. The summed E-state index contributed by atoms with van der Waals surface area (Å²) in [7, 11) is 0. The number of hydrogen-bond acceptors (Lipinski definition) is 6. The van der Waals surface area contributed by atoms with Crippen molar-refractivity contribution in [2.75, 3.05) is 0 Å². The molecule has 4 rings (SSSR count). The lowest BCUT2D eigenvalue weighted by Gasteiger charge is -2.27. The van der Waals surface area contributed by atoms with Crippen LogP contribution in [0.15, 0.2) is 32.6 Å². The van der Waals surface area contributed by atoms with Crippen molar-refractivity contribution >= 4 is 0 Å². The number of phenols is 3. The van der Waals surface area contributed by atoms with Crippen molar-refractivity contribution in [3.63, 3.8) is 0 Å². The normalized spacial score (nSPS) is 12.5. The average molecular weight is 784 g/mol. The maximum absolute atomic E-state index is 14.8. The van der Waals surface area contributed by atoms with Crippen LogP contribution in [0, 0.1) is 20.8 Å². The number of hydrogen-bond donors (Lipinski definition) is 3. The van der Waals surface area contributed by atoms with Crippen molar-refractivity contribution in [1.82, 2.24) is 13.7 Å². The smallest absolute Gasteiger partial charge is 0.336 e. The number of nitrogens with zero attached hydrogens (tertiary/aromatic N) is 3. The van der Waals surface area contributed by atoms with Gasteiger partial charge in [0.05, 0.1) is 19.6 Å². The summed E-state index contributed by atoms with van der Waals surface area (Å²) in [4.78, 5) is 44.4. The highest BCUT2D eigenvalue weighted by Crippen LogP contribution is 2.40. The van der Waals surface area contributed by atoms with Crippen molar-refractivity contribution in [2.45, 2.75) is 178 Å². The molecule has 0 bridgehead atoms. The van der Waals surface area contributed by atoms with Crippen LogP contribution in [0.4, 0.5) is 0 Å². The zero-order valence-electron chi connectivity index (χ0n) is 37.5. The molecule has 0 aliphatic carbocycles. The number of benzene rings is 3. The van der Waals surface area contributed by atoms with E-state index in [1.165, 1.54) is 0 Å². The first-order chi connectivity index (χ1) is 26.3. The number of phenolic OH excluding ortho intramolecular Hbond substituents is 3. The Balaban J connectivity index is 2.14. The third kappa shape index (κ3) is 8.97. The fraction of sp³-hybridized carbons (Fsp3) is 0.562. The number of aryl methyl sites for hydroxylation is 3. The zero-order valence-corrected chi connectivity index (χ0v) is 37.5. The van der Waals surface area contributed by atoms with Crippen LogP contribution in [0.3, 0.4) is 0 Å². The molecule has 57 heavy (non-hydrogen) atoms. The van der Waals surface area contributed by atoms with E-state index < -0.39 is 17.1 Å². The Morgan fingerprint density at radius 1 is 0.421 bits per heavy atom. The first-order valence-electron chi connectivity index (χ1n) is 20.8. The molecule has 0 saturated carbocycles. The standard InChI is InChI=1S/C48H69N3O6/c1-16-19-31-34(28(4)22-37(40(31)52)46(7,8)9)25-49-43(55)50(26-35-29(5)23-38(47(10,11)12)41(53)32(35)20-17-2)45(57)51(44(49)56)27-36-30(6)24-39(48(13,14)15)42(54)33(36)21-18-3/h22-24,52-54H,16-21,25-27H2,1-15H3. The maximum Gasteiger partial charge on any atom is 0.336 e. The molecule has 9 heteroatoms. The molecule has 0 unspecified atom stereocenters. The quantitative estimate of drug-likeness (QED) is 0.132. The van der Waals surface area contributed by atoms with Gasteiger partial charge >= 0.3 is 17.1 Å². The molecular weight excluding hydrogens is 715 g/mol. The lowest BCUT2D eigenvalue weighted by atomic mass is 9.81. The van der Waals surface area contributed by atoms with E-state index in [0.717, 1.165) is 66.3 Å². The molecule has 0 aliphatic heterocycles. The molecule has 312 valence electrons. The van der Waals surface area contributed by atoms with Gasteiger partial charge in [0.15, 0.2) is 0 Å². The summed E-state index contributed by atoms with van der Waals surface area (Å²) in [5, 5.41) is 35.0. The summed E-state index contributed by atoms with van der Waals surface area (Å²) in [5.41, 5.74) is 5.60. The van der Waals surface area contributed by atoms with Crippen LogP contribution in [0.1, 0.15) is 169 Å². The van der Waals surface area contributed by atoms with Gasteiger partial charge in [-0.3, -0.25) is 0 Å². The molecule has 3 aromatic carbocycles. The average Bonchev–Trinajstić information content (AvgIpc) is 3.09. The van der Waals surface area contributed by atoms with Crippen LogP contribution in [0.2, 0.25) is 0 Å². The van der Waals surface area contributed by atoms with Gasteiger partial charge in [0, 0.05) is 0 Å². The molecule has 0 radical (unpaired) electrons. The first kappa shape index (κ1) is 45.2. The summed E-state index contributed by atoms with van der Waals surface area (Å²) < 4.78 is 3.36. The summed E-state index contributed by atoms with van der Waals surface area (Å²) in [5.74, 6) is 0.486. The van der Waals surface area contributed by atoms with Crippen LogP contribution < -0.4 is 17.1 Å². The molecule has 0 aliphatic rings. The minimum absolute atomic E-state index is 0.152. The van der Waals surface area contributed by atoms with Crippen LogP contribution in [-0.2, 0) is 55.1 Å². The van der Waals surface area contributed by atoms with E-state index in [-0.39, 0.29) is 53.1 Å². The highest BCUT2D eigenvalue weighted by molar-refractivity contribution is 5.54. The predicted octanol–water partition coefficient (Wildman–Crippen LogP) is 9.11. The first-order valence-corrected chi connectivity index (χ1v) is 20.8. The molecule has 9 nitrogen and oxygen atoms in total. The lowest BCUT2D eigenvalue weighted by molar-refractivity contribution is 0.434. The number of rotatable bonds is 12. The van der Waals surface area contributed by atoms with Crippen molar-refractivity contribution in [3.05, 3.63) is 116 Å². The number of aromatic nitrogens is 3. The molecule has 1 aromatic heterocycles. The van der Waals surface area contributed by atoms with Crippen LogP contribution in [0.5, 0.6) is 17.2 Å². The lowest BCUT2D eigenvalue weighted by Crippen LogP contribution is -2.55. The van der Waals surface area contributed by atoms with Gasteiger partial charge in [0.25, 0.3) is 0 Å². The van der Waals surface area contributed by atoms with E-state index in [2.05, 4.69) is 0 Å². The van der Waals surface area contributed by atoms with Crippen molar-refractivity contribution in [2.24, 2.45) is 0 Å². The minimum Gasteiger partial charge on any atom is -0.507 e. The van der Waals surface area contributed by atoms with Crippen LogP contribution in [-0.4, -0.2) is 29.0 Å². The highest BCUT2D eigenvalue weighted by atomic mass is 16.3. The third-order valence-electron chi connectivity index (χ3n) is 11.5. The Kier molecular flexibility index (Phi) is 13.3. The van der Waals surface area contributed by atoms with Crippen LogP contribution >= 0.6 is 0 Å². The van der Waals surface area contributed by atoms with Gasteiger partial charge in [0.1, 0.15) is 17.2 Å².